The van der Waals surface area contributed by atoms with Gasteiger partial charge in [-0.05, 0) is 18.2 Å². The number of benzene rings is 2. The van der Waals surface area contributed by atoms with Gasteiger partial charge in [-0.3, -0.25) is 0 Å². The van der Waals surface area contributed by atoms with Gasteiger partial charge >= 0.3 is 0 Å². The summed E-state index contributed by atoms with van der Waals surface area (Å²) in [6.45, 7) is 0. The molecule has 0 unspecified atom stereocenters. The van der Waals surface area contributed by atoms with Crippen molar-refractivity contribution in [1.82, 2.24) is 0 Å². The predicted molar refractivity (Wildman–Crippen MR) is 63.0 cm³/mol. The second-order valence-electron chi connectivity index (χ2n) is 3.35. The van der Waals surface area contributed by atoms with Crippen LogP contribution < -0.4 is 10.6 Å². The van der Waals surface area contributed by atoms with E-state index in [1.54, 1.807) is 13.1 Å². The quantitative estimate of drug-likeness (QED) is 0.785. The summed E-state index contributed by atoms with van der Waals surface area (Å²) < 4.78 is 13.3. The number of halogens is 1. The van der Waals surface area contributed by atoms with Crippen molar-refractivity contribution in [3.8, 4) is 0 Å². The van der Waals surface area contributed by atoms with Crippen LogP contribution in [-0.4, -0.2) is 14.1 Å². The fraction of sp³-hybridized carbons (Fsp3) is 0.167. The van der Waals surface area contributed by atoms with E-state index in [0.717, 1.165) is 22.1 Å². The third-order valence-electron chi connectivity index (χ3n) is 2.50. The Hall–Kier alpha value is -1.77. The lowest BCUT2D eigenvalue weighted by Gasteiger charge is -2.10. The lowest BCUT2D eigenvalue weighted by molar-refractivity contribution is 0.630. The molecule has 0 saturated heterocycles. The van der Waals surface area contributed by atoms with Gasteiger partial charge in [-0.15, -0.1) is 0 Å². The third kappa shape index (κ3) is 1.61. The summed E-state index contributed by atoms with van der Waals surface area (Å²) in [6, 6.07) is 8.90. The van der Waals surface area contributed by atoms with Gasteiger partial charge in [-0.2, -0.15) is 0 Å². The van der Waals surface area contributed by atoms with Gasteiger partial charge in [0.05, 0.1) is 0 Å². The largest absolute Gasteiger partial charge is 0.388 e. The van der Waals surface area contributed by atoms with Gasteiger partial charge in [0.25, 0.3) is 0 Å². The zero-order valence-electron chi connectivity index (χ0n) is 8.76. The van der Waals surface area contributed by atoms with E-state index in [0.29, 0.717) is 0 Å². The van der Waals surface area contributed by atoms with Gasteiger partial charge in [0.15, 0.2) is 0 Å². The molecule has 0 heterocycles. The lowest BCUT2D eigenvalue weighted by atomic mass is 10.1. The monoisotopic (exact) mass is 204 g/mol. The van der Waals surface area contributed by atoms with Gasteiger partial charge in [-0.1, -0.05) is 12.1 Å². The number of anilines is 2. The van der Waals surface area contributed by atoms with Crippen LogP contribution in [-0.2, 0) is 0 Å². The van der Waals surface area contributed by atoms with Gasteiger partial charge in [0.1, 0.15) is 5.82 Å². The molecule has 2 nitrogen and oxygen atoms in total. The number of nitrogens with one attached hydrogen (secondary N) is 2. The fourth-order valence-electron chi connectivity index (χ4n) is 1.78. The molecule has 15 heavy (non-hydrogen) atoms. The smallest absolute Gasteiger partial charge is 0.125 e. The van der Waals surface area contributed by atoms with Crippen LogP contribution in [0.3, 0.4) is 0 Å². The maximum atomic E-state index is 13.3. The minimum atomic E-state index is -0.227. The van der Waals surface area contributed by atoms with Crippen LogP contribution in [0.25, 0.3) is 10.8 Å². The van der Waals surface area contributed by atoms with Crippen LogP contribution in [0.5, 0.6) is 0 Å². The molecule has 2 aromatic carbocycles. The number of rotatable bonds is 2. The summed E-state index contributed by atoms with van der Waals surface area (Å²) in [6.07, 6.45) is 0. The molecular weight excluding hydrogens is 191 g/mol. The second-order valence-corrected chi connectivity index (χ2v) is 3.35. The Labute approximate surface area is 88.1 Å². The Kier molecular flexibility index (Phi) is 2.46. The molecule has 2 rings (SSSR count). The molecule has 2 N–H and O–H groups in total. The van der Waals surface area contributed by atoms with Crippen LogP contribution in [0.2, 0.25) is 0 Å². The zero-order chi connectivity index (χ0) is 10.8. The SMILES string of the molecule is CNc1cc(F)cc2c(NC)cccc12. The van der Waals surface area contributed by atoms with Crippen molar-refractivity contribution in [3.05, 3.63) is 36.1 Å². The molecule has 2 aromatic rings. The second kappa shape index (κ2) is 3.77. The Morgan fingerprint density at radius 3 is 2.33 bits per heavy atom. The minimum Gasteiger partial charge on any atom is -0.388 e. The lowest BCUT2D eigenvalue weighted by Crippen LogP contribution is -1.94. The molecule has 0 aliphatic rings. The summed E-state index contributed by atoms with van der Waals surface area (Å²) >= 11 is 0. The highest BCUT2D eigenvalue weighted by Gasteiger charge is 2.05. The molecule has 0 atom stereocenters. The third-order valence-corrected chi connectivity index (χ3v) is 2.50. The molecule has 3 heteroatoms. The Morgan fingerprint density at radius 2 is 1.67 bits per heavy atom. The van der Waals surface area contributed by atoms with Crippen LogP contribution in [0.1, 0.15) is 0 Å². The molecule has 0 bridgehead atoms. The van der Waals surface area contributed by atoms with Crippen LogP contribution in [0.4, 0.5) is 15.8 Å². The molecule has 0 spiro atoms. The van der Waals surface area contributed by atoms with Gasteiger partial charge in [-0.25, -0.2) is 4.39 Å². The van der Waals surface area contributed by atoms with Crippen molar-refractivity contribution in [2.24, 2.45) is 0 Å². The molecule has 0 aliphatic heterocycles. The van der Waals surface area contributed by atoms with E-state index in [2.05, 4.69) is 10.6 Å². The molecule has 0 aliphatic carbocycles. The first-order chi connectivity index (χ1) is 7.26. The molecule has 0 fully saturated rings. The van der Waals surface area contributed by atoms with Gasteiger partial charge in [0, 0.05) is 36.2 Å². The highest BCUT2D eigenvalue weighted by atomic mass is 19.1. The van der Waals surface area contributed by atoms with E-state index in [-0.39, 0.29) is 5.82 Å². The van der Waals surface area contributed by atoms with Crippen molar-refractivity contribution in [2.75, 3.05) is 24.7 Å². The van der Waals surface area contributed by atoms with Crippen molar-refractivity contribution in [1.29, 1.82) is 0 Å². The maximum Gasteiger partial charge on any atom is 0.125 e. The summed E-state index contributed by atoms with van der Waals surface area (Å²) in [5.74, 6) is -0.227. The van der Waals surface area contributed by atoms with Crippen molar-refractivity contribution in [3.63, 3.8) is 0 Å². The van der Waals surface area contributed by atoms with E-state index >= 15 is 0 Å². The molecule has 78 valence electrons. The van der Waals surface area contributed by atoms with E-state index in [1.165, 1.54) is 6.07 Å². The number of hydrogen-bond donors (Lipinski definition) is 2. The fourth-order valence-corrected chi connectivity index (χ4v) is 1.78. The van der Waals surface area contributed by atoms with E-state index < -0.39 is 0 Å². The van der Waals surface area contributed by atoms with E-state index in [1.807, 2.05) is 25.2 Å². The Balaban J connectivity index is 2.82. The molecular formula is C12H13FN2. The summed E-state index contributed by atoms with van der Waals surface area (Å²) in [5.41, 5.74) is 1.74. The van der Waals surface area contributed by atoms with Gasteiger partial charge < -0.3 is 10.6 Å². The Morgan fingerprint density at radius 1 is 0.933 bits per heavy atom. The van der Waals surface area contributed by atoms with E-state index in [9.17, 15) is 4.39 Å². The molecule has 0 radical (unpaired) electrons. The van der Waals surface area contributed by atoms with Crippen molar-refractivity contribution < 1.29 is 4.39 Å². The Bertz CT molecular complexity index is 494. The van der Waals surface area contributed by atoms with Crippen LogP contribution in [0.15, 0.2) is 30.3 Å². The number of fused-ring (bicyclic) bond motifs is 1. The van der Waals surface area contributed by atoms with Crippen molar-refractivity contribution in [2.45, 2.75) is 0 Å². The van der Waals surface area contributed by atoms with E-state index in [4.69, 9.17) is 0 Å². The predicted octanol–water partition coefficient (Wildman–Crippen LogP) is 3.06. The molecule has 0 amide bonds. The minimum absolute atomic E-state index is 0.227. The number of hydrogen-bond acceptors (Lipinski definition) is 2. The first kappa shape index (κ1) is 9.77. The topological polar surface area (TPSA) is 24.1 Å². The van der Waals surface area contributed by atoms with Crippen LogP contribution >= 0.6 is 0 Å². The summed E-state index contributed by atoms with van der Waals surface area (Å²) in [5, 5.41) is 7.96. The first-order valence-corrected chi connectivity index (χ1v) is 4.84. The maximum absolute atomic E-state index is 13.3. The van der Waals surface area contributed by atoms with Gasteiger partial charge in [0.2, 0.25) is 0 Å². The van der Waals surface area contributed by atoms with Crippen LogP contribution in [0, 0.1) is 5.82 Å². The molecule has 0 aromatic heterocycles. The molecule has 0 saturated carbocycles. The average molecular weight is 204 g/mol. The highest BCUT2D eigenvalue weighted by molar-refractivity contribution is 6.01. The summed E-state index contributed by atoms with van der Waals surface area (Å²) in [7, 11) is 3.62. The highest BCUT2D eigenvalue weighted by Crippen LogP contribution is 2.29. The first-order valence-electron chi connectivity index (χ1n) is 4.84. The van der Waals surface area contributed by atoms with Crippen molar-refractivity contribution >= 4 is 22.1 Å². The zero-order valence-corrected chi connectivity index (χ0v) is 8.76. The summed E-state index contributed by atoms with van der Waals surface area (Å²) in [4.78, 5) is 0. The normalized spacial score (nSPS) is 10.3. The standard InChI is InChI=1S/C12H13FN2/c1-14-11-5-3-4-9-10(11)6-8(13)7-12(9)15-2/h3-7,14-15H,1-2H3. The average Bonchev–Trinajstić information content (AvgIpc) is 2.27.